The molecule has 1 aliphatic carbocycles. The van der Waals surface area contributed by atoms with E-state index in [2.05, 4.69) is 0 Å². The zero-order valence-corrected chi connectivity index (χ0v) is 11.9. The number of hydrogen-bond donors (Lipinski definition) is 1. The van der Waals surface area contributed by atoms with Gasteiger partial charge in [0.1, 0.15) is 0 Å². The Labute approximate surface area is 114 Å². The van der Waals surface area contributed by atoms with Crippen molar-refractivity contribution in [1.82, 2.24) is 0 Å². The molecule has 0 spiro atoms. The Morgan fingerprint density at radius 1 is 1.21 bits per heavy atom. The molecule has 0 aromatic heterocycles. The fourth-order valence-corrected chi connectivity index (χ4v) is 3.29. The van der Waals surface area contributed by atoms with Gasteiger partial charge in [0, 0.05) is 5.92 Å². The first kappa shape index (κ1) is 14.5. The molecule has 0 amide bonds. The Hall–Kier alpha value is -0.910. The summed E-state index contributed by atoms with van der Waals surface area (Å²) in [5.41, 5.74) is 1.00. The highest BCUT2D eigenvalue weighted by Crippen LogP contribution is 2.25. The van der Waals surface area contributed by atoms with E-state index in [0.29, 0.717) is 0 Å². The van der Waals surface area contributed by atoms with Crippen LogP contribution in [0.25, 0.3) is 0 Å². The Kier molecular flexibility index (Phi) is 4.60. The smallest absolute Gasteiger partial charge is 0.296 e. The van der Waals surface area contributed by atoms with Crippen molar-refractivity contribution in [3.05, 3.63) is 29.8 Å². The van der Waals surface area contributed by atoms with Crippen molar-refractivity contribution in [1.29, 1.82) is 0 Å². The van der Waals surface area contributed by atoms with Gasteiger partial charge in [-0.2, -0.15) is 8.42 Å². The van der Waals surface area contributed by atoms with E-state index < -0.39 is 16.2 Å². The van der Waals surface area contributed by atoms with Crippen LogP contribution in [-0.2, 0) is 14.3 Å². The molecule has 2 rings (SSSR count). The summed E-state index contributed by atoms with van der Waals surface area (Å²) in [6.07, 6.45) is 3.14. The summed E-state index contributed by atoms with van der Waals surface area (Å²) >= 11 is 0. The van der Waals surface area contributed by atoms with E-state index in [0.717, 1.165) is 31.2 Å². The van der Waals surface area contributed by atoms with Gasteiger partial charge in [0.2, 0.25) is 0 Å². The van der Waals surface area contributed by atoms with Gasteiger partial charge in [-0.25, -0.2) is 0 Å². The van der Waals surface area contributed by atoms with Gasteiger partial charge < -0.3 is 5.11 Å². The number of aryl methyl sites for hydroxylation is 1. The summed E-state index contributed by atoms with van der Waals surface area (Å²) in [6.45, 7) is 1.97. The topological polar surface area (TPSA) is 63.6 Å². The highest BCUT2D eigenvalue weighted by molar-refractivity contribution is 7.86. The fourth-order valence-electron chi connectivity index (χ4n) is 2.33. The van der Waals surface area contributed by atoms with Crippen LogP contribution in [0.3, 0.4) is 0 Å². The van der Waals surface area contributed by atoms with Crippen LogP contribution in [0.15, 0.2) is 29.2 Å². The molecule has 0 radical (unpaired) electrons. The molecule has 0 aliphatic heterocycles. The third-order valence-corrected chi connectivity index (χ3v) is 4.91. The van der Waals surface area contributed by atoms with E-state index in [1.165, 1.54) is 0 Å². The molecule has 5 heteroatoms. The summed E-state index contributed by atoms with van der Waals surface area (Å²) in [6, 6.07) is 6.57. The summed E-state index contributed by atoms with van der Waals surface area (Å²) in [5, 5.41) is 9.80. The van der Waals surface area contributed by atoms with E-state index >= 15 is 0 Å². The van der Waals surface area contributed by atoms with E-state index in [4.69, 9.17) is 4.18 Å². The maximum Gasteiger partial charge on any atom is 0.296 e. The number of aliphatic hydroxyl groups excluding tert-OH is 1. The summed E-state index contributed by atoms with van der Waals surface area (Å²) in [7, 11) is -3.71. The average Bonchev–Trinajstić information content (AvgIpc) is 2.38. The zero-order chi connectivity index (χ0) is 13.9. The second kappa shape index (κ2) is 6.03. The molecule has 1 aromatic rings. The first-order valence-electron chi connectivity index (χ1n) is 6.63. The van der Waals surface area contributed by atoms with Gasteiger partial charge in [-0.3, -0.25) is 4.18 Å². The van der Waals surface area contributed by atoms with Crippen molar-refractivity contribution in [2.75, 3.05) is 6.61 Å². The fraction of sp³-hybridized carbons (Fsp3) is 0.571. The van der Waals surface area contributed by atoms with Crippen molar-refractivity contribution >= 4 is 10.1 Å². The molecule has 0 heterocycles. The molecule has 1 N–H and O–H groups in total. The van der Waals surface area contributed by atoms with Crippen LogP contribution in [0.2, 0.25) is 0 Å². The van der Waals surface area contributed by atoms with Crippen LogP contribution >= 0.6 is 0 Å². The number of hydrogen-bond acceptors (Lipinski definition) is 4. The SMILES string of the molecule is Cc1ccc(S(=O)(=O)OCC2CCCCC2O)cc1. The summed E-state index contributed by atoms with van der Waals surface area (Å²) in [4.78, 5) is 0.170. The largest absolute Gasteiger partial charge is 0.393 e. The molecule has 1 saturated carbocycles. The Morgan fingerprint density at radius 3 is 2.47 bits per heavy atom. The normalized spacial score (nSPS) is 24.3. The average molecular weight is 284 g/mol. The quantitative estimate of drug-likeness (QED) is 0.861. The van der Waals surface area contributed by atoms with Crippen LogP contribution in [0.1, 0.15) is 31.2 Å². The van der Waals surface area contributed by atoms with Gasteiger partial charge in [-0.1, -0.05) is 30.5 Å². The van der Waals surface area contributed by atoms with Crippen molar-refractivity contribution < 1.29 is 17.7 Å². The van der Waals surface area contributed by atoms with Gasteiger partial charge >= 0.3 is 0 Å². The lowest BCUT2D eigenvalue weighted by atomic mass is 9.87. The molecular formula is C14H20O4S. The lowest BCUT2D eigenvalue weighted by molar-refractivity contribution is 0.0438. The van der Waals surface area contributed by atoms with E-state index in [1.807, 2.05) is 6.92 Å². The third kappa shape index (κ3) is 3.78. The first-order valence-corrected chi connectivity index (χ1v) is 8.04. The molecule has 1 aliphatic rings. The number of aliphatic hydroxyl groups is 1. The predicted octanol–water partition coefficient (Wildman–Crippen LogP) is 2.25. The molecule has 1 fully saturated rings. The Morgan fingerprint density at radius 2 is 1.84 bits per heavy atom. The molecule has 1 aromatic carbocycles. The van der Waals surface area contributed by atoms with Crippen LogP contribution < -0.4 is 0 Å². The molecule has 2 atom stereocenters. The van der Waals surface area contributed by atoms with Crippen molar-refractivity contribution in [3.63, 3.8) is 0 Å². The lowest BCUT2D eigenvalue weighted by Crippen LogP contribution is -2.29. The molecule has 2 unspecified atom stereocenters. The second-order valence-electron chi connectivity index (χ2n) is 5.16. The summed E-state index contributed by atoms with van der Waals surface area (Å²) in [5.74, 6) is -0.0750. The minimum Gasteiger partial charge on any atom is -0.393 e. The van der Waals surface area contributed by atoms with E-state index in [-0.39, 0.29) is 17.4 Å². The number of rotatable bonds is 4. The second-order valence-corrected chi connectivity index (χ2v) is 6.78. The van der Waals surface area contributed by atoms with Crippen molar-refractivity contribution in [3.8, 4) is 0 Å². The summed E-state index contributed by atoms with van der Waals surface area (Å²) < 4.78 is 29.1. The van der Waals surface area contributed by atoms with Crippen LogP contribution in [-0.4, -0.2) is 26.2 Å². The minimum atomic E-state index is -3.71. The van der Waals surface area contributed by atoms with Crippen molar-refractivity contribution in [2.24, 2.45) is 5.92 Å². The Balaban J connectivity index is 1.99. The number of benzene rings is 1. The molecule has 0 bridgehead atoms. The highest BCUT2D eigenvalue weighted by atomic mass is 32.2. The Bertz CT molecular complexity index is 507. The van der Waals surface area contributed by atoms with Gasteiger partial charge in [0.25, 0.3) is 10.1 Å². The van der Waals surface area contributed by atoms with Crippen LogP contribution in [0.4, 0.5) is 0 Å². The van der Waals surface area contributed by atoms with E-state index in [9.17, 15) is 13.5 Å². The van der Waals surface area contributed by atoms with Crippen molar-refractivity contribution in [2.45, 2.75) is 43.6 Å². The maximum absolute atomic E-state index is 12.0. The molecular weight excluding hydrogens is 264 g/mol. The lowest BCUT2D eigenvalue weighted by Gasteiger charge is -2.26. The highest BCUT2D eigenvalue weighted by Gasteiger charge is 2.26. The maximum atomic E-state index is 12.0. The minimum absolute atomic E-state index is 0.0668. The van der Waals surface area contributed by atoms with Gasteiger partial charge in [-0.05, 0) is 31.9 Å². The first-order chi connectivity index (χ1) is 8.99. The monoisotopic (exact) mass is 284 g/mol. The predicted molar refractivity (Wildman–Crippen MR) is 72.3 cm³/mol. The third-order valence-electron chi connectivity index (χ3n) is 3.62. The molecule has 4 nitrogen and oxygen atoms in total. The van der Waals surface area contributed by atoms with Crippen LogP contribution in [0, 0.1) is 12.8 Å². The van der Waals surface area contributed by atoms with Gasteiger partial charge in [-0.15, -0.1) is 0 Å². The molecule has 19 heavy (non-hydrogen) atoms. The van der Waals surface area contributed by atoms with Gasteiger partial charge in [0.05, 0.1) is 17.6 Å². The standard InChI is InChI=1S/C14H20O4S/c1-11-6-8-13(9-7-11)19(16,17)18-10-12-4-2-3-5-14(12)15/h6-9,12,14-15H,2-5,10H2,1H3. The molecule has 106 valence electrons. The molecule has 0 saturated heterocycles. The zero-order valence-electron chi connectivity index (χ0n) is 11.1. The van der Waals surface area contributed by atoms with E-state index in [1.54, 1.807) is 24.3 Å². The van der Waals surface area contributed by atoms with Crippen LogP contribution in [0.5, 0.6) is 0 Å². The van der Waals surface area contributed by atoms with Gasteiger partial charge in [0.15, 0.2) is 0 Å².